The molecule has 1 aliphatic rings. The van der Waals surface area contributed by atoms with Gasteiger partial charge in [0.25, 0.3) is 5.91 Å². The summed E-state index contributed by atoms with van der Waals surface area (Å²) < 4.78 is 38.6. The van der Waals surface area contributed by atoms with Crippen molar-refractivity contribution in [1.82, 2.24) is 14.4 Å². The fourth-order valence-corrected chi connectivity index (χ4v) is 5.00. The third-order valence-corrected chi connectivity index (χ3v) is 7.11. The van der Waals surface area contributed by atoms with Gasteiger partial charge in [-0.3, -0.25) is 14.5 Å². The third-order valence-electron chi connectivity index (χ3n) is 6.33. The van der Waals surface area contributed by atoms with Gasteiger partial charge < -0.3 is 9.47 Å². The molecular formula is C29H30F2N4O3S. The molecule has 3 aromatic heterocycles. The van der Waals surface area contributed by atoms with Crippen LogP contribution in [-0.2, 0) is 0 Å². The van der Waals surface area contributed by atoms with E-state index in [-0.39, 0.29) is 29.4 Å². The molecule has 0 bridgehead atoms. The Labute approximate surface area is 229 Å². The number of pyridine rings is 1. The van der Waals surface area contributed by atoms with Crippen molar-refractivity contribution in [2.45, 2.75) is 52.6 Å². The van der Waals surface area contributed by atoms with Crippen LogP contribution in [0.4, 0.5) is 13.9 Å². The molecule has 0 saturated heterocycles. The third kappa shape index (κ3) is 6.27. The number of carbonyl (C=O) groups excluding carboxylic acids is 1. The molecule has 0 aliphatic heterocycles. The number of ether oxygens (including phenoxy) is 2. The normalized spacial score (nSPS) is 14.2. The van der Waals surface area contributed by atoms with Gasteiger partial charge in [-0.1, -0.05) is 45.4 Å². The average Bonchev–Trinajstić information content (AvgIpc) is 3.44. The fourth-order valence-electron chi connectivity index (χ4n) is 4.21. The Hall–Kier alpha value is -3.79. The SMILES string of the molecule is CC(C)(C)COc1c(/C=C/c2nc3ccccn3c2C(=O)Nc2nc(C3CCC3)cs2)cccc1OC(F)F. The zero-order valence-corrected chi connectivity index (χ0v) is 22.8. The van der Waals surface area contributed by atoms with Gasteiger partial charge in [-0.25, -0.2) is 9.97 Å². The van der Waals surface area contributed by atoms with Crippen LogP contribution in [0.1, 0.15) is 73.4 Å². The van der Waals surface area contributed by atoms with E-state index >= 15 is 0 Å². The molecule has 4 aromatic rings. The first-order valence-electron chi connectivity index (χ1n) is 12.8. The number of para-hydroxylation sites is 1. The van der Waals surface area contributed by atoms with Crippen molar-refractivity contribution in [2.24, 2.45) is 5.41 Å². The Morgan fingerprint density at radius 1 is 1.18 bits per heavy atom. The van der Waals surface area contributed by atoms with Crippen LogP contribution in [-0.4, -0.2) is 33.5 Å². The highest BCUT2D eigenvalue weighted by atomic mass is 32.1. The minimum absolute atomic E-state index is 0.0598. The van der Waals surface area contributed by atoms with Crippen molar-refractivity contribution < 1.29 is 23.0 Å². The van der Waals surface area contributed by atoms with E-state index in [0.717, 1.165) is 18.5 Å². The molecule has 0 spiro atoms. The lowest BCUT2D eigenvalue weighted by Gasteiger charge is -2.22. The number of fused-ring (bicyclic) bond motifs is 1. The largest absolute Gasteiger partial charge is 0.489 e. The zero-order chi connectivity index (χ0) is 27.6. The second-order valence-electron chi connectivity index (χ2n) is 10.7. The van der Waals surface area contributed by atoms with Crippen LogP contribution >= 0.6 is 11.3 Å². The summed E-state index contributed by atoms with van der Waals surface area (Å²) in [6.07, 6.45) is 8.60. The van der Waals surface area contributed by atoms with Gasteiger partial charge in [0.2, 0.25) is 0 Å². The Kier molecular flexibility index (Phi) is 7.65. The van der Waals surface area contributed by atoms with Crippen molar-refractivity contribution in [3.8, 4) is 11.5 Å². The number of hydrogen-bond acceptors (Lipinski definition) is 6. The molecule has 0 radical (unpaired) electrons. The number of alkyl halides is 2. The van der Waals surface area contributed by atoms with Crippen LogP contribution in [0.15, 0.2) is 48.0 Å². The highest BCUT2D eigenvalue weighted by molar-refractivity contribution is 7.14. The zero-order valence-electron chi connectivity index (χ0n) is 22.0. The first kappa shape index (κ1) is 26.8. The number of nitrogens with zero attached hydrogens (tertiary/aromatic N) is 3. The van der Waals surface area contributed by atoms with E-state index in [9.17, 15) is 13.6 Å². The Bertz CT molecular complexity index is 1500. The summed E-state index contributed by atoms with van der Waals surface area (Å²) in [4.78, 5) is 22.7. The lowest BCUT2D eigenvalue weighted by molar-refractivity contribution is -0.0517. The van der Waals surface area contributed by atoms with E-state index in [1.54, 1.807) is 40.9 Å². The van der Waals surface area contributed by atoms with Gasteiger partial charge in [0, 0.05) is 23.1 Å². The number of benzene rings is 1. The number of thiazole rings is 1. The summed E-state index contributed by atoms with van der Waals surface area (Å²) in [6.45, 7) is 3.25. The van der Waals surface area contributed by atoms with Gasteiger partial charge in [0.15, 0.2) is 16.6 Å². The minimum atomic E-state index is -2.99. The van der Waals surface area contributed by atoms with Gasteiger partial charge in [0.1, 0.15) is 11.3 Å². The number of rotatable bonds is 9. The van der Waals surface area contributed by atoms with Crippen LogP contribution < -0.4 is 14.8 Å². The van der Waals surface area contributed by atoms with Crippen LogP contribution in [0.25, 0.3) is 17.8 Å². The molecule has 1 aliphatic carbocycles. The predicted molar refractivity (Wildman–Crippen MR) is 149 cm³/mol. The molecule has 204 valence electrons. The topological polar surface area (TPSA) is 77.8 Å². The number of hydrogen-bond donors (Lipinski definition) is 1. The maximum absolute atomic E-state index is 13.5. The monoisotopic (exact) mass is 552 g/mol. The summed E-state index contributed by atoms with van der Waals surface area (Å²) in [5, 5.41) is 5.46. The number of anilines is 1. The number of aromatic nitrogens is 3. The molecular weight excluding hydrogens is 522 g/mol. The maximum atomic E-state index is 13.5. The van der Waals surface area contributed by atoms with Crippen LogP contribution in [0.2, 0.25) is 0 Å². The van der Waals surface area contributed by atoms with E-state index in [4.69, 9.17) is 9.47 Å². The Balaban J connectivity index is 1.47. The quantitative estimate of drug-likeness (QED) is 0.233. The molecule has 5 rings (SSSR count). The molecule has 1 N–H and O–H groups in total. The molecule has 7 nitrogen and oxygen atoms in total. The number of nitrogens with one attached hydrogen (secondary N) is 1. The van der Waals surface area contributed by atoms with Crippen molar-refractivity contribution in [2.75, 3.05) is 11.9 Å². The molecule has 0 unspecified atom stereocenters. The van der Waals surface area contributed by atoms with Crippen LogP contribution in [0, 0.1) is 5.41 Å². The summed E-state index contributed by atoms with van der Waals surface area (Å²) >= 11 is 1.41. The summed E-state index contributed by atoms with van der Waals surface area (Å²) in [7, 11) is 0. The average molecular weight is 553 g/mol. The predicted octanol–water partition coefficient (Wildman–Crippen LogP) is 7.51. The Morgan fingerprint density at radius 2 is 2.00 bits per heavy atom. The minimum Gasteiger partial charge on any atom is -0.489 e. The molecule has 1 amide bonds. The lowest BCUT2D eigenvalue weighted by Crippen LogP contribution is -2.18. The van der Waals surface area contributed by atoms with E-state index in [2.05, 4.69) is 15.3 Å². The molecule has 1 aromatic carbocycles. The fraction of sp³-hybridized carbons (Fsp3) is 0.345. The van der Waals surface area contributed by atoms with Crippen molar-refractivity contribution in [1.29, 1.82) is 0 Å². The first-order valence-corrected chi connectivity index (χ1v) is 13.7. The van der Waals surface area contributed by atoms with Gasteiger partial charge in [-0.2, -0.15) is 8.78 Å². The smallest absolute Gasteiger partial charge is 0.387 e. The van der Waals surface area contributed by atoms with Crippen LogP contribution in [0.3, 0.4) is 0 Å². The molecule has 3 heterocycles. The van der Waals surface area contributed by atoms with Gasteiger partial charge in [-0.15, -0.1) is 11.3 Å². The second-order valence-corrected chi connectivity index (χ2v) is 11.5. The van der Waals surface area contributed by atoms with Gasteiger partial charge in [-0.05, 0) is 48.6 Å². The number of amides is 1. The van der Waals surface area contributed by atoms with Crippen molar-refractivity contribution in [3.63, 3.8) is 0 Å². The van der Waals surface area contributed by atoms with E-state index in [1.807, 2.05) is 38.3 Å². The highest BCUT2D eigenvalue weighted by Gasteiger charge is 2.24. The summed E-state index contributed by atoms with van der Waals surface area (Å²) in [6, 6.07) is 10.3. The molecule has 1 fully saturated rings. The van der Waals surface area contributed by atoms with Crippen molar-refractivity contribution in [3.05, 3.63) is 70.6 Å². The van der Waals surface area contributed by atoms with Gasteiger partial charge >= 0.3 is 6.61 Å². The van der Waals surface area contributed by atoms with Gasteiger partial charge in [0.05, 0.1) is 18.0 Å². The number of carbonyl (C=O) groups is 1. The van der Waals surface area contributed by atoms with E-state index in [0.29, 0.717) is 33.6 Å². The molecule has 10 heteroatoms. The summed E-state index contributed by atoms with van der Waals surface area (Å²) in [5.74, 6) is 0.267. The second kappa shape index (κ2) is 11.1. The molecule has 0 atom stereocenters. The highest BCUT2D eigenvalue weighted by Crippen LogP contribution is 2.38. The lowest BCUT2D eigenvalue weighted by atomic mass is 9.83. The first-order chi connectivity index (χ1) is 18.7. The van der Waals surface area contributed by atoms with Crippen molar-refractivity contribution >= 4 is 40.2 Å². The standard InChI is InChI=1S/C29H30F2N4O3S/c1-29(2,3)17-37-25-19(10-7-11-22(25)38-27(30)31)13-14-20-24(35-15-5-4-12-23(35)32-20)26(36)34-28-33-21(16-39-28)18-8-6-9-18/h4-5,7,10-16,18,27H,6,8-9,17H2,1-3H3,(H,33,34,36)/b14-13+. The molecule has 39 heavy (non-hydrogen) atoms. The van der Waals surface area contributed by atoms with E-state index in [1.165, 1.54) is 23.8 Å². The van der Waals surface area contributed by atoms with E-state index < -0.39 is 6.61 Å². The number of halogens is 2. The summed E-state index contributed by atoms with van der Waals surface area (Å²) in [5.41, 5.74) is 2.67. The Morgan fingerprint density at radius 3 is 2.72 bits per heavy atom. The number of imidazole rings is 1. The van der Waals surface area contributed by atoms with Crippen LogP contribution in [0.5, 0.6) is 11.5 Å². The molecule has 1 saturated carbocycles. The maximum Gasteiger partial charge on any atom is 0.387 e.